The fourth-order valence-electron chi connectivity index (χ4n) is 1.40. The highest BCUT2D eigenvalue weighted by atomic mass is 79.9. The Morgan fingerprint density at radius 2 is 1.59 bits per heavy atom. The van der Waals surface area contributed by atoms with Gasteiger partial charge in [0.2, 0.25) is 0 Å². The number of nitrogen functional groups attached to an aromatic ring is 1. The maximum Gasteiger partial charge on any atom is 0.148 e. The zero-order valence-electron chi connectivity index (χ0n) is 8.68. The third-order valence-corrected chi connectivity index (χ3v) is 3.60. The first-order valence-corrected chi connectivity index (χ1v) is 6.43. The van der Waals surface area contributed by atoms with E-state index in [2.05, 4.69) is 37.2 Å². The molecule has 3 N–H and O–H groups in total. The topological polar surface area (TPSA) is 38.0 Å². The molecule has 2 rings (SSSR count). The zero-order chi connectivity index (χ0) is 12.4. The van der Waals surface area contributed by atoms with Crippen LogP contribution in [-0.2, 0) is 0 Å². The number of rotatable bonds is 2. The van der Waals surface area contributed by atoms with Gasteiger partial charge in [0.25, 0.3) is 0 Å². The van der Waals surface area contributed by atoms with Crippen molar-refractivity contribution in [3.8, 4) is 0 Å². The summed E-state index contributed by atoms with van der Waals surface area (Å²) in [5, 5.41) is 3.09. The summed E-state index contributed by atoms with van der Waals surface area (Å²) >= 11 is 6.84. The van der Waals surface area contributed by atoms with E-state index in [4.69, 9.17) is 5.73 Å². The Balaban J connectivity index is 2.42. The highest BCUT2D eigenvalue weighted by Crippen LogP contribution is 2.35. The first-order chi connectivity index (χ1) is 8.09. The van der Waals surface area contributed by atoms with E-state index in [0.717, 1.165) is 14.6 Å². The van der Waals surface area contributed by atoms with Crippen LogP contribution in [0, 0.1) is 5.82 Å². The van der Waals surface area contributed by atoms with Crippen LogP contribution >= 0.6 is 31.9 Å². The molecular formula is C12H9Br2FN2. The first-order valence-electron chi connectivity index (χ1n) is 4.84. The van der Waals surface area contributed by atoms with E-state index < -0.39 is 5.82 Å². The zero-order valence-corrected chi connectivity index (χ0v) is 11.8. The van der Waals surface area contributed by atoms with Crippen molar-refractivity contribution in [2.45, 2.75) is 0 Å². The lowest BCUT2D eigenvalue weighted by Gasteiger charge is -2.12. The van der Waals surface area contributed by atoms with Crippen LogP contribution in [0.3, 0.4) is 0 Å². The molecule has 0 atom stereocenters. The van der Waals surface area contributed by atoms with Crippen LogP contribution in [0.25, 0.3) is 0 Å². The molecular weight excluding hydrogens is 351 g/mol. The number of para-hydroxylation sites is 2. The van der Waals surface area contributed by atoms with Gasteiger partial charge in [0.15, 0.2) is 0 Å². The fourth-order valence-corrected chi connectivity index (χ4v) is 2.59. The maximum atomic E-state index is 13.3. The number of benzene rings is 2. The van der Waals surface area contributed by atoms with Gasteiger partial charge in [0.05, 0.1) is 17.1 Å². The molecule has 0 aromatic heterocycles. The molecule has 5 heteroatoms. The highest BCUT2D eigenvalue weighted by molar-refractivity contribution is 9.11. The summed E-state index contributed by atoms with van der Waals surface area (Å²) in [7, 11) is 0. The molecule has 0 saturated carbocycles. The van der Waals surface area contributed by atoms with Crippen molar-refractivity contribution in [2.24, 2.45) is 0 Å². The van der Waals surface area contributed by atoms with Crippen molar-refractivity contribution in [3.05, 3.63) is 51.2 Å². The SMILES string of the molecule is Nc1c(F)cccc1Nc1c(Br)cccc1Br. The van der Waals surface area contributed by atoms with Crippen molar-refractivity contribution < 1.29 is 4.39 Å². The van der Waals surface area contributed by atoms with Gasteiger partial charge in [0, 0.05) is 8.95 Å². The monoisotopic (exact) mass is 358 g/mol. The number of nitrogens with one attached hydrogen (secondary N) is 1. The minimum absolute atomic E-state index is 0.107. The largest absolute Gasteiger partial charge is 0.395 e. The standard InChI is InChI=1S/C12H9Br2FN2/c13-7-3-1-4-8(14)12(7)17-10-6-2-5-9(15)11(10)16/h1-6,17H,16H2. The molecule has 0 saturated heterocycles. The Labute approximate surface area is 115 Å². The molecule has 0 radical (unpaired) electrons. The Hall–Kier alpha value is -1.07. The van der Waals surface area contributed by atoms with E-state index in [0.29, 0.717) is 5.69 Å². The van der Waals surface area contributed by atoms with Crippen LogP contribution in [-0.4, -0.2) is 0 Å². The predicted molar refractivity (Wildman–Crippen MR) is 75.9 cm³/mol. The Morgan fingerprint density at radius 3 is 2.24 bits per heavy atom. The number of halogens is 3. The molecule has 0 fully saturated rings. The molecule has 88 valence electrons. The Morgan fingerprint density at radius 1 is 1.00 bits per heavy atom. The van der Waals surface area contributed by atoms with Gasteiger partial charge < -0.3 is 11.1 Å². The van der Waals surface area contributed by atoms with Gasteiger partial charge in [-0.1, -0.05) is 12.1 Å². The number of hydrogen-bond donors (Lipinski definition) is 2. The number of anilines is 3. The molecule has 0 aliphatic rings. The molecule has 0 aliphatic heterocycles. The third kappa shape index (κ3) is 2.61. The van der Waals surface area contributed by atoms with Gasteiger partial charge in [-0.3, -0.25) is 0 Å². The molecule has 0 unspecified atom stereocenters. The second-order valence-electron chi connectivity index (χ2n) is 3.42. The van der Waals surface area contributed by atoms with E-state index in [1.807, 2.05) is 18.2 Å². The van der Waals surface area contributed by atoms with E-state index in [9.17, 15) is 4.39 Å². The minimum atomic E-state index is -0.432. The molecule has 2 aromatic carbocycles. The van der Waals surface area contributed by atoms with Crippen molar-refractivity contribution in [2.75, 3.05) is 11.1 Å². The summed E-state index contributed by atoms with van der Waals surface area (Å²) in [4.78, 5) is 0. The molecule has 0 amide bonds. The summed E-state index contributed by atoms with van der Waals surface area (Å²) in [6.07, 6.45) is 0. The molecule has 17 heavy (non-hydrogen) atoms. The molecule has 0 heterocycles. The quantitative estimate of drug-likeness (QED) is 0.764. The van der Waals surface area contributed by atoms with Gasteiger partial charge in [-0.25, -0.2) is 4.39 Å². The van der Waals surface area contributed by atoms with E-state index in [1.165, 1.54) is 6.07 Å². The van der Waals surface area contributed by atoms with Crippen LogP contribution in [0.2, 0.25) is 0 Å². The average Bonchev–Trinajstić information content (AvgIpc) is 2.29. The van der Waals surface area contributed by atoms with E-state index in [-0.39, 0.29) is 5.69 Å². The summed E-state index contributed by atoms with van der Waals surface area (Å²) in [5.41, 5.74) is 7.12. The van der Waals surface area contributed by atoms with E-state index >= 15 is 0 Å². The number of hydrogen-bond acceptors (Lipinski definition) is 2. The summed E-state index contributed by atoms with van der Waals surface area (Å²) < 4.78 is 15.0. The van der Waals surface area contributed by atoms with Crippen LogP contribution in [0.5, 0.6) is 0 Å². The normalized spacial score (nSPS) is 10.3. The van der Waals surface area contributed by atoms with Crippen molar-refractivity contribution in [1.82, 2.24) is 0 Å². The Kier molecular flexibility index (Phi) is 3.69. The summed E-state index contributed by atoms with van der Waals surface area (Å²) in [6, 6.07) is 10.3. The molecule has 2 aromatic rings. The van der Waals surface area contributed by atoms with Crippen LogP contribution in [0.4, 0.5) is 21.5 Å². The number of nitrogens with two attached hydrogens (primary N) is 1. The lowest BCUT2D eigenvalue weighted by molar-refractivity contribution is 0.633. The maximum absolute atomic E-state index is 13.3. The van der Waals surface area contributed by atoms with Gasteiger partial charge in [-0.15, -0.1) is 0 Å². The summed E-state index contributed by atoms with van der Waals surface area (Å²) in [5.74, 6) is -0.432. The van der Waals surface area contributed by atoms with Crippen LogP contribution < -0.4 is 11.1 Å². The van der Waals surface area contributed by atoms with E-state index in [1.54, 1.807) is 12.1 Å². The van der Waals surface area contributed by atoms with Crippen LogP contribution in [0.1, 0.15) is 0 Å². The molecule has 0 spiro atoms. The fraction of sp³-hybridized carbons (Fsp3) is 0. The van der Waals surface area contributed by atoms with Crippen molar-refractivity contribution in [3.63, 3.8) is 0 Å². The predicted octanol–water partition coefficient (Wildman–Crippen LogP) is 4.68. The van der Waals surface area contributed by atoms with Crippen molar-refractivity contribution >= 4 is 48.9 Å². The second kappa shape index (κ2) is 5.06. The van der Waals surface area contributed by atoms with Gasteiger partial charge in [-0.2, -0.15) is 0 Å². The minimum Gasteiger partial charge on any atom is -0.395 e. The molecule has 2 nitrogen and oxygen atoms in total. The van der Waals surface area contributed by atoms with Gasteiger partial charge >= 0.3 is 0 Å². The first kappa shape index (κ1) is 12.4. The third-order valence-electron chi connectivity index (χ3n) is 2.28. The lowest BCUT2D eigenvalue weighted by atomic mass is 10.2. The average molecular weight is 360 g/mol. The second-order valence-corrected chi connectivity index (χ2v) is 5.13. The lowest BCUT2D eigenvalue weighted by Crippen LogP contribution is -1.99. The summed E-state index contributed by atoms with van der Waals surface area (Å²) in [6.45, 7) is 0. The highest BCUT2D eigenvalue weighted by Gasteiger charge is 2.08. The van der Waals surface area contributed by atoms with Gasteiger partial charge in [-0.05, 0) is 56.1 Å². The molecule has 0 bridgehead atoms. The Bertz CT molecular complexity index is 538. The smallest absolute Gasteiger partial charge is 0.148 e. The van der Waals surface area contributed by atoms with Crippen LogP contribution in [0.15, 0.2) is 45.3 Å². The van der Waals surface area contributed by atoms with Gasteiger partial charge in [0.1, 0.15) is 5.82 Å². The molecule has 0 aliphatic carbocycles. The van der Waals surface area contributed by atoms with Crippen molar-refractivity contribution in [1.29, 1.82) is 0 Å².